The van der Waals surface area contributed by atoms with Gasteiger partial charge in [-0.1, -0.05) is 12.1 Å². The number of anilines is 1. The highest BCUT2D eigenvalue weighted by Gasteiger charge is 2.37. The fourth-order valence-electron chi connectivity index (χ4n) is 2.78. The summed E-state index contributed by atoms with van der Waals surface area (Å²) in [7, 11) is -3.84. The van der Waals surface area contributed by atoms with Gasteiger partial charge in [-0.3, -0.25) is 4.79 Å². The van der Waals surface area contributed by atoms with Gasteiger partial charge in [-0.15, -0.1) is 0 Å². The highest BCUT2D eigenvalue weighted by atomic mass is 32.2. The second-order valence-corrected chi connectivity index (χ2v) is 7.34. The van der Waals surface area contributed by atoms with Crippen LogP contribution in [0.15, 0.2) is 29.2 Å². The van der Waals surface area contributed by atoms with Crippen molar-refractivity contribution in [3.63, 3.8) is 0 Å². The van der Waals surface area contributed by atoms with Crippen LogP contribution in [-0.2, 0) is 14.8 Å². The Hall–Kier alpha value is -2.09. The molecule has 1 fully saturated rings. The summed E-state index contributed by atoms with van der Waals surface area (Å²) in [4.78, 5) is 23.6. The predicted octanol–water partition coefficient (Wildman–Crippen LogP) is 1.14. The number of rotatable bonds is 2. The van der Waals surface area contributed by atoms with Crippen molar-refractivity contribution in [2.24, 2.45) is 5.92 Å². The van der Waals surface area contributed by atoms with Crippen LogP contribution in [0.4, 0.5) is 10.5 Å². The lowest BCUT2D eigenvalue weighted by Gasteiger charge is -2.31. The third kappa shape index (κ3) is 2.66. The van der Waals surface area contributed by atoms with Crippen molar-refractivity contribution in [1.29, 1.82) is 0 Å². The van der Waals surface area contributed by atoms with Gasteiger partial charge >= 0.3 is 6.03 Å². The van der Waals surface area contributed by atoms with E-state index in [1.54, 1.807) is 18.2 Å². The minimum Gasteiger partial charge on any atom is -0.356 e. The van der Waals surface area contributed by atoms with Gasteiger partial charge in [0, 0.05) is 19.5 Å². The van der Waals surface area contributed by atoms with Gasteiger partial charge in [0.1, 0.15) is 4.90 Å². The van der Waals surface area contributed by atoms with E-state index >= 15 is 0 Å². The molecule has 2 heterocycles. The zero-order valence-electron chi connectivity index (χ0n) is 11.9. The minimum atomic E-state index is -3.84. The summed E-state index contributed by atoms with van der Waals surface area (Å²) >= 11 is 0. The fraction of sp³-hybridized carbons (Fsp3) is 0.429. The standard InChI is InChI=1S/C14H17N3O4S/c18-13-6-5-10(7-8-15-13)9-17-14(19)16-11-3-1-2-4-12(11)22(17,20)21/h1-4,10H,5-9H2,(H,15,18)(H,16,19). The zero-order chi connectivity index (χ0) is 15.7. The van der Waals surface area contributed by atoms with Crippen molar-refractivity contribution >= 4 is 27.6 Å². The number of carbonyl (C=O) groups is 2. The number of para-hydroxylation sites is 1. The average molecular weight is 323 g/mol. The Kier molecular flexibility index (Phi) is 3.78. The fourth-order valence-corrected chi connectivity index (χ4v) is 4.34. The summed E-state index contributed by atoms with van der Waals surface area (Å²) in [6.07, 6.45) is 1.59. The van der Waals surface area contributed by atoms with Gasteiger partial charge in [-0.2, -0.15) is 0 Å². The lowest BCUT2D eigenvalue weighted by molar-refractivity contribution is -0.120. The number of fused-ring (bicyclic) bond motifs is 1. The molecule has 0 spiro atoms. The van der Waals surface area contributed by atoms with E-state index < -0.39 is 16.1 Å². The van der Waals surface area contributed by atoms with Gasteiger partial charge in [0.15, 0.2) is 0 Å². The third-order valence-corrected chi connectivity index (χ3v) is 5.81. The number of carbonyl (C=O) groups excluding carboxylic acids is 2. The molecule has 22 heavy (non-hydrogen) atoms. The van der Waals surface area contributed by atoms with Crippen LogP contribution in [0, 0.1) is 5.92 Å². The molecule has 8 heteroatoms. The van der Waals surface area contributed by atoms with E-state index in [2.05, 4.69) is 10.6 Å². The first-order valence-electron chi connectivity index (χ1n) is 7.18. The lowest BCUT2D eigenvalue weighted by atomic mass is 10.0. The van der Waals surface area contributed by atoms with E-state index in [0.717, 1.165) is 4.31 Å². The second kappa shape index (κ2) is 5.60. The molecule has 0 aromatic heterocycles. The molecule has 1 aromatic rings. The van der Waals surface area contributed by atoms with Crippen molar-refractivity contribution in [1.82, 2.24) is 9.62 Å². The zero-order valence-corrected chi connectivity index (χ0v) is 12.7. The average Bonchev–Trinajstić information content (AvgIpc) is 2.68. The Balaban J connectivity index is 1.85. The number of nitrogens with zero attached hydrogens (tertiary/aromatic N) is 1. The molecule has 1 atom stereocenters. The molecule has 1 unspecified atom stereocenters. The summed E-state index contributed by atoms with van der Waals surface area (Å²) in [6, 6.07) is 5.71. The number of urea groups is 1. The maximum Gasteiger partial charge on any atom is 0.335 e. The molecule has 2 aliphatic rings. The van der Waals surface area contributed by atoms with Crippen molar-refractivity contribution in [3.05, 3.63) is 24.3 Å². The van der Waals surface area contributed by atoms with E-state index in [9.17, 15) is 18.0 Å². The first kappa shape index (κ1) is 14.8. The lowest BCUT2D eigenvalue weighted by Crippen LogP contribution is -2.46. The number of hydrogen-bond donors (Lipinski definition) is 2. The van der Waals surface area contributed by atoms with E-state index in [1.165, 1.54) is 6.07 Å². The molecule has 1 saturated heterocycles. The summed E-state index contributed by atoms with van der Waals surface area (Å²) in [5.41, 5.74) is 0.307. The smallest absolute Gasteiger partial charge is 0.335 e. The van der Waals surface area contributed by atoms with Gasteiger partial charge in [0.2, 0.25) is 5.91 Å². The normalized spacial score (nSPS) is 24.0. The minimum absolute atomic E-state index is 0.0234. The molecular formula is C14H17N3O4S. The maximum absolute atomic E-state index is 12.6. The van der Waals surface area contributed by atoms with Crippen LogP contribution in [0.1, 0.15) is 19.3 Å². The molecule has 7 nitrogen and oxygen atoms in total. The molecule has 118 valence electrons. The largest absolute Gasteiger partial charge is 0.356 e. The van der Waals surface area contributed by atoms with Gasteiger partial charge in [0.25, 0.3) is 10.0 Å². The molecule has 0 saturated carbocycles. The predicted molar refractivity (Wildman–Crippen MR) is 79.7 cm³/mol. The Labute approximate surface area is 128 Å². The summed E-state index contributed by atoms with van der Waals surface area (Å²) in [5, 5.41) is 5.36. The number of hydrogen-bond acceptors (Lipinski definition) is 4. The van der Waals surface area contributed by atoms with Gasteiger partial charge in [-0.25, -0.2) is 17.5 Å². The van der Waals surface area contributed by atoms with E-state index in [0.29, 0.717) is 31.5 Å². The number of amides is 3. The molecular weight excluding hydrogens is 306 g/mol. The van der Waals surface area contributed by atoms with E-state index in [1.807, 2.05) is 0 Å². The van der Waals surface area contributed by atoms with Crippen LogP contribution < -0.4 is 10.6 Å². The Bertz CT molecular complexity index is 717. The number of benzene rings is 1. The Morgan fingerprint density at radius 1 is 1.18 bits per heavy atom. The van der Waals surface area contributed by atoms with Crippen molar-refractivity contribution in [2.75, 3.05) is 18.4 Å². The highest BCUT2D eigenvalue weighted by molar-refractivity contribution is 7.90. The topological polar surface area (TPSA) is 95.6 Å². The number of nitrogens with one attached hydrogen (secondary N) is 2. The summed E-state index contributed by atoms with van der Waals surface area (Å²) in [6.45, 7) is 0.604. The summed E-state index contributed by atoms with van der Waals surface area (Å²) < 4.78 is 26.1. The van der Waals surface area contributed by atoms with Gasteiger partial charge < -0.3 is 10.6 Å². The molecule has 2 aliphatic heterocycles. The van der Waals surface area contributed by atoms with Crippen LogP contribution in [0.2, 0.25) is 0 Å². The van der Waals surface area contributed by atoms with Crippen molar-refractivity contribution in [3.8, 4) is 0 Å². The van der Waals surface area contributed by atoms with E-state index in [-0.39, 0.29) is 23.3 Å². The first-order valence-corrected chi connectivity index (χ1v) is 8.62. The molecule has 0 aliphatic carbocycles. The molecule has 3 amide bonds. The molecule has 3 rings (SSSR count). The van der Waals surface area contributed by atoms with Crippen LogP contribution in [-0.4, -0.2) is 37.8 Å². The molecule has 0 bridgehead atoms. The van der Waals surface area contributed by atoms with Gasteiger partial charge in [0.05, 0.1) is 5.69 Å². The van der Waals surface area contributed by atoms with Crippen LogP contribution in [0.5, 0.6) is 0 Å². The molecule has 0 radical (unpaired) electrons. The SMILES string of the molecule is O=C1CCC(CN2C(=O)Nc3ccccc3S2(=O)=O)CCN1. The quantitative estimate of drug-likeness (QED) is 0.853. The van der Waals surface area contributed by atoms with Gasteiger partial charge in [-0.05, 0) is 30.9 Å². The summed E-state index contributed by atoms with van der Waals surface area (Å²) in [5.74, 6) is -0.0523. The highest BCUT2D eigenvalue weighted by Crippen LogP contribution is 2.31. The van der Waals surface area contributed by atoms with Crippen LogP contribution in [0.3, 0.4) is 0 Å². The van der Waals surface area contributed by atoms with Crippen molar-refractivity contribution in [2.45, 2.75) is 24.2 Å². The first-order chi connectivity index (χ1) is 10.5. The van der Waals surface area contributed by atoms with Crippen LogP contribution in [0.25, 0.3) is 0 Å². The Morgan fingerprint density at radius 3 is 2.77 bits per heavy atom. The van der Waals surface area contributed by atoms with E-state index in [4.69, 9.17) is 0 Å². The monoisotopic (exact) mass is 323 g/mol. The van der Waals surface area contributed by atoms with Crippen LogP contribution >= 0.6 is 0 Å². The molecule has 2 N–H and O–H groups in total. The third-order valence-electron chi connectivity index (χ3n) is 4.00. The van der Waals surface area contributed by atoms with Crippen molar-refractivity contribution < 1.29 is 18.0 Å². The number of sulfonamides is 1. The molecule has 1 aromatic carbocycles. The second-order valence-electron chi connectivity index (χ2n) is 5.51. The maximum atomic E-state index is 12.6. The Morgan fingerprint density at radius 2 is 1.95 bits per heavy atom.